The van der Waals surface area contributed by atoms with E-state index in [0.717, 1.165) is 30.5 Å². The van der Waals surface area contributed by atoms with Gasteiger partial charge in [-0.15, -0.1) is 0 Å². The summed E-state index contributed by atoms with van der Waals surface area (Å²) in [5.74, 6) is -2.51. The van der Waals surface area contributed by atoms with Gasteiger partial charge in [-0.25, -0.2) is 19.2 Å². The van der Waals surface area contributed by atoms with Crippen LogP contribution in [0.15, 0.2) is 43.1 Å². The highest BCUT2D eigenvalue weighted by Crippen LogP contribution is 2.39. The summed E-state index contributed by atoms with van der Waals surface area (Å²) in [5, 5.41) is 15.1. The van der Waals surface area contributed by atoms with Crippen LogP contribution in [0.4, 0.5) is 17.6 Å². The number of amides is 1. The highest BCUT2D eigenvalue weighted by molar-refractivity contribution is 6.06. The van der Waals surface area contributed by atoms with Crippen molar-refractivity contribution in [3.8, 4) is 17.2 Å². The maximum absolute atomic E-state index is 14.6. The van der Waals surface area contributed by atoms with Crippen LogP contribution in [0.5, 0.6) is 0 Å². The number of alkyl halides is 3. The number of nitrogens with one attached hydrogen (secondary N) is 1. The molecule has 0 spiro atoms. The molecule has 3 fully saturated rings. The van der Waals surface area contributed by atoms with Crippen LogP contribution in [0.2, 0.25) is 0 Å². The van der Waals surface area contributed by atoms with E-state index in [9.17, 15) is 32.4 Å². The number of hydrogen-bond acceptors (Lipinski definition) is 8. The van der Waals surface area contributed by atoms with Crippen molar-refractivity contribution in [2.45, 2.75) is 49.9 Å². The number of carbonyl (C=O) groups is 2. The number of halogens is 4. The number of aromatic amines is 1. The lowest BCUT2D eigenvalue weighted by Gasteiger charge is -2.53. The van der Waals surface area contributed by atoms with Crippen molar-refractivity contribution in [1.82, 2.24) is 34.5 Å². The van der Waals surface area contributed by atoms with Crippen molar-refractivity contribution in [3.05, 3.63) is 65.8 Å². The summed E-state index contributed by atoms with van der Waals surface area (Å²) in [5.41, 5.74) is -0.685. The van der Waals surface area contributed by atoms with Gasteiger partial charge in [0.25, 0.3) is 5.91 Å². The highest BCUT2D eigenvalue weighted by atomic mass is 19.4. The molecule has 244 valence electrons. The number of carbonyl (C=O) groups excluding carboxylic acids is 2. The Labute approximate surface area is 266 Å². The van der Waals surface area contributed by atoms with Crippen LogP contribution < -0.4 is 0 Å². The number of fused-ring (bicyclic) bond motifs is 1. The third kappa shape index (κ3) is 5.71. The summed E-state index contributed by atoms with van der Waals surface area (Å²) < 4.78 is 61.3. The molecule has 0 radical (unpaired) electrons. The molecule has 4 aromatic heterocycles. The Morgan fingerprint density at radius 1 is 1.09 bits per heavy atom. The van der Waals surface area contributed by atoms with E-state index in [1.165, 1.54) is 11.1 Å². The molecule has 0 unspecified atom stereocenters. The summed E-state index contributed by atoms with van der Waals surface area (Å²) >= 11 is 0. The van der Waals surface area contributed by atoms with E-state index in [-0.39, 0.29) is 25.6 Å². The van der Waals surface area contributed by atoms with Gasteiger partial charge in [-0.3, -0.25) is 14.4 Å². The number of H-pyrrole nitrogens is 1. The van der Waals surface area contributed by atoms with Crippen LogP contribution in [-0.2, 0) is 16.5 Å². The number of hydrogen-bond donors (Lipinski definition) is 1. The molecule has 3 aliphatic rings. The average Bonchev–Trinajstić information content (AvgIpc) is 3.51. The number of ether oxygens (including phenoxy) is 1. The first-order chi connectivity index (χ1) is 22.6. The largest absolute Gasteiger partial charge is 0.462 e. The number of nitrogens with zero attached hydrogens (tertiary/aromatic N) is 7. The number of esters is 1. The van der Waals surface area contributed by atoms with Crippen molar-refractivity contribution in [3.63, 3.8) is 0 Å². The van der Waals surface area contributed by atoms with Gasteiger partial charge in [0.1, 0.15) is 11.2 Å². The Hall–Kier alpha value is -4.84. The number of piperidine rings is 1. The molecule has 0 aromatic carbocycles. The van der Waals surface area contributed by atoms with Gasteiger partial charge in [0, 0.05) is 73.5 Å². The second-order valence-electron chi connectivity index (χ2n) is 12.5. The first kappa shape index (κ1) is 30.8. The van der Waals surface area contributed by atoms with Crippen molar-refractivity contribution >= 4 is 22.9 Å². The maximum Gasteiger partial charge on any atom is 0.436 e. The zero-order valence-electron chi connectivity index (χ0n) is 25.1. The number of aromatic nitrogens is 5. The molecule has 1 saturated carbocycles. The van der Waals surface area contributed by atoms with Crippen LogP contribution in [0.25, 0.3) is 22.2 Å². The minimum absolute atomic E-state index is 0.0569. The lowest BCUT2D eigenvalue weighted by atomic mass is 9.83. The third-order valence-corrected chi connectivity index (χ3v) is 9.37. The van der Waals surface area contributed by atoms with E-state index in [2.05, 4.69) is 31.0 Å². The Balaban J connectivity index is 1.05. The second-order valence-corrected chi connectivity index (χ2v) is 12.5. The van der Waals surface area contributed by atoms with Crippen LogP contribution >= 0.6 is 0 Å². The topological polar surface area (TPSA) is 133 Å². The predicted octanol–water partition coefficient (Wildman–Crippen LogP) is 4.78. The first-order valence-electron chi connectivity index (χ1n) is 15.4. The van der Waals surface area contributed by atoms with Crippen LogP contribution in [0.3, 0.4) is 0 Å². The smallest absolute Gasteiger partial charge is 0.436 e. The zero-order chi connectivity index (χ0) is 32.9. The summed E-state index contributed by atoms with van der Waals surface area (Å²) in [7, 11) is 0. The van der Waals surface area contributed by atoms with Crippen LogP contribution in [0, 0.1) is 23.1 Å². The normalized spacial score (nSPS) is 18.6. The second kappa shape index (κ2) is 11.8. The van der Waals surface area contributed by atoms with Crippen molar-refractivity contribution < 1.29 is 31.9 Å². The highest BCUT2D eigenvalue weighted by Gasteiger charge is 2.48. The van der Waals surface area contributed by atoms with Crippen LogP contribution in [0.1, 0.15) is 58.5 Å². The van der Waals surface area contributed by atoms with E-state index < -0.39 is 40.7 Å². The van der Waals surface area contributed by atoms with Gasteiger partial charge in [-0.1, -0.05) is 0 Å². The van der Waals surface area contributed by atoms with Crippen molar-refractivity contribution in [1.29, 1.82) is 5.26 Å². The molecule has 4 aromatic rings. The van der Waals surface area contributed by atoms with E-state index in [1.54, 1.807) is 17.1 Å². The maximum atomic E-state index is 14.6. The molecule has 11 nitrogen and oxygen atoms in total. The minimum Gasteiger partial charge on any atom is -0.462 e. The molecule has 2 aliphatic heterocycles. The summed E-state index contributed by atoms with van der Waals surface area (Å²) in [6.07, 6.45) is 5.91. The Kier molecular flexibility index (Phi) is 7.70. The quantitative estimate of drug-likeness (QED) is 0.213. The Morgan fingerprint density at radius 3 is 2.55 bits per heavy atom. The molecule has 0 bridgehead atoms. The van der Waals surface area contributed by atoms with Crippen molar-refractivity contribution in [2.24, 2.45) is 5.92 Å². The van der Waals surface area contributed by atoms with Gasteiger partial charge in [-0.2, -0.15) is 23.5 Å². The van der Waals surface area contributed by atoms with Crippen molar-refractivity contribution in [2.75, 3.05) is 32.8 Å². The molecular formula is C32H30F4N8O3. The molecule has 7 rings (SSSR count). The van der Waals surface area contributed by atoms with E-state index in [0.29, 0.717) is 60.8 Å². The standard InChI is InChI=1S/C32H30F4N8O3/c33-26-23(4-9-38-27(26)32(34,35)36)29(45)42-11-5-21(6-12-42)43-17-31(18-43,7-8-37)44-15-20(13-41-44)25-22-3-10-39-28(22)40-14-24(25)30(46)47-16-19-1-2-19/h3-4,9-10,13-15,19,21H,1-2,5-7,11-12,16-18H2,(H,39,40). The molecule has 1 aliphatic carbocycles. The lowest BCUT2D eigenvalue weighted by molar-refractivity contribution is -0.143. The SMILES string of the molecule is N#CCC1(n2cc(-c3c(C(=O)OCC4CC4)cnc4[nH]ccc34)cn2)CN(C2CCN(C(=O)c3ccnc(C(F)(F)F)c3F)CC2)C1. The summed E-state index contributed by atoms with van der Waals surface area (Å²) in [6, 6.07) is 5.15. The Bertz CT molecular complexity index is 1880. The molecule has 15 heteroatoms. The van der Waals surface area contributed by atoms with Crippen LogP contribution in [-0.4, -0.2) is 85.2 Å². The predicted molar refractivity (Wildman–Crippen MR) is 158 cm³/mol. The average molecular weight is 651 g/mol. The summed E-state index contributed by atoms with van der Waals surface area (Å²) in [4.78, 5) is 40.2. The number of nitriles is 1. The zero-order valence-corrected chi connectivity index (χ0v) is 25.1. The van der Waals surface area contributed by atoms with Gasteiger partial charge < -0.3 is 14.6 Å². The fourth-order valence-electron chi connectivity index (χ4n) is 6.60. The fourth-order valence-corrected chi connectivity index (χ4v) is 6.60. The minimum atomic E-state index is -5.01. The molecule has 1 N–H and O–H groups in total. The molecular weight excluding hydrogens is 620 g/mol. The lowest BCUT2D eigenvalue weighted by Crippen LogP contribution is -2.66. The molecule has 1 amide bonds. The fraction of sp³-hybridized carbons (Fsp3) is 0.438. The Morgan fingerprint density at radius 2 is 1.85 bits per heavy atom. The molecule has 0 atom stereocenters. The number of likely N-dealkylation sites (tertiary alicyclic amines) is 2. The number of pyridine rings is 2. The number of rotatable bonds is 8. The van der Waals surface area contributed by atoms with Gasteiger partial charge in [0.2, 0.25) is 0 Å². The molecule has 2 saturated heterocycles. The van der Waals surface area contributed by atoms with E-state index >= 15 is 0 Å². The van der Waals surface area contributed by atoms with Gasteiger partial charge in [0.15, 0.2) is 11.5 Å². The van der Waals surface area contributed by atoms with Gasteiger partial charge >= 0.3 is 12.1 Å². The summed E-state index contributed by atoms with van der Waals surface area (Å²) in [6.45, 7) is 1.89. The van der Waals surface area contributed by atoms with E-state index in [1.807, 2.05) is 12.3 Å². The molecule has 6 heterocycles. The third-order valence-electron chi connectivity index (χ3n) is 9.37. The van der Waals surface area contributed by atoms with E-state index in [4.69, 9.17) is 4.74 Å². The molecule has 47 heavy (non-hydrogen) atoms. The first-order valence-corrected chi connectivity index (χ1v) is 15.4. The van der Waals surface area contributed by atoms with Gasteiger partial charge in [0.05, 0.1) is 36.4 Å². The monoisotopic (exact) mass is 650 g/mol. The van der Waals surface area contributed by atoms with Gasteiger partial charge in [-0.05, 0) is 43.7 Å².